The largest absolute Gasteiger partial charge is 0.216 e. The van der Waals surface area contributed by atoms with Gasteiger partial charge >= 0.3 is 0 Å². The maximum atomic E-state index is 18.2. The molecular formula is C32H40FP2+. The van der Waals surface area contributed by atoms with Crippen LogP contribution in [0.2, 0.25) is 0 Å². The first-order valence-electron chi connectivity index (χ1n) is 12.6. The van der Waals surface area contributed by atoms with E-state index >= 15 is 4.20 Å². The minimum Gasteiger partial charge on any atom is -0.216 e. The van der Waals surface area contributed by atoms with Crippen molar-refractivity contribution in [3.63, 3.8) is 0 Å². The van der Waals surface area contributed by atoms with Crippen molar-refractivity contribution in [2.45, 2.75) is 81.3 Å². The minimum absolute atomic E-state index is 0.468. The summed E-state index contributed by atoms with van der Waals surface area (Å²) >= 11 is 0. The van der Waals surface area contributed by atoms with E-state index < -0.39 is 19.9 Å². The Morgan fingerprint density at radius 3 is 1.49 bits per heavy atom. The van der Waals surface area contributed by atoms with Gasteiger partial charge in [-0.3, -0.25) is 0 Å². The van der Waals surface area contributed by atoms with E-state index in [1.54, 1.807) is 0 Å². The van der Waals surface area contributed by atoms with Crippen LogP contribution in [0.4, 0.5) is 4.20 Å². The highest BCUT2D eigenvalue weighted by Crippen LogP contribution is 2.77. The van der Waals surface area contributed by atoms with Gasteiger partial charge in [-0.05, 0) is 101 Å². The third-order valence-electron chi connectivity index (χ3n) is 7.48. The molecule has 0 saturated carbocycles. The van der Waals surface area contributed by atoms with Gasteiger partial charge < -0.3 is 0 Å². The molecule has 184 valence electrons. The summed E-state index contributed by atoms with van der Waals surface area (Å²) in [6.45, 7) is 23.6. The summed E-state index contributed by atoms with van der Waals surface area (Å²) < 4.78 is 18.2. The molecule has 0 amide bonds. The average molecular weight is 506 g/mol. The molecule has 0 nitrogen and oxygen atoms in total. The maximum absolute atomic E-state index is 18.2. The third-order valence-corrected chi connectivity index (χ3v) is 15.9. The highest BCUT2D eigenvalue weighted by Gasteiger charge is 2.60. The van der Waals surface area contributed by atoms with E-state index in [1.165, 1.54) is 60.9 Å². The van der Waals surface area contributed by atoms with Crippen molar-refractivity contribution in [1.29, 1.82) is 0 Å². The van der Waals surface area contributed by atoms with Crippen molar-refractivity contribution in [2.24, 2.45) is 0 Å². The van der Waals surface area contributed by atoms with E-state index in [0.29, 0.717) is 0 Å². The van der Waals surface area contributed by atoms with E-state index in [1.807, 2.05) is 0 Å². The smallest absolute Gasteiger partial charge is 0.195 e. The number of hydrogen-bond donors (Lipinski definition) is 0. The molecule has 3 heteroatoms. The molecule has 0 radical (unpaired) electrons. The number of rotatable bonds is 3. The summed E-state index contributed by atoms with van der Waals surface area (Å²) in [6, 6.07) is 15.7. The maximum Gasteiger partial charge on any atom is 0.195 e. The van der Waals surface area contributed by atoms with Crippen molar-refractivity contribution < 1.29 is 4.20 Å². The molecule has 0 aromatic heterocycles. The van der Waals surface area contributed by atoms with Crippen LogP contribution in [0.25, 0.3) is 0 Å². The molecule has 4 rings (SSSR count). The monoisotopic (exact) mass is 505 g/mol. The molecule has 35 heavy (non-hydrogen) atoms. The van der Waals surface area contributed by atoms with Crippen LogP contribution < -0.4 is 5.30 Å². The second-order valence-electron chi connectivity index (χ2n) is 11.6. The van der Waals surface area contributed by atoms with Gasteiger partial charge in [0, 0.05) is 16.3 Å². The highest BCUT2D eigenvalue weighted by atomic mass is 31.2. The van der Waals surface area contributed by atoms with Crippen LogP contribution >= 0.6 is 14.7 Å². The zero-order valence-electron chi connectivity index (χ0n) is 23.3. The molecule has 1 heterocycles. The van der Waals surface area contributed by atoms with E-state index in [9.17, 15) is 0 Å². The van der Waals surface area contributed by atoms with Gasteiger partial charge in [0.25, 0.3) is 0 Å². The molecule has 0 fully saturated rings. The Morgan fingerprint density at radius 2 is 1.06 bits per heavy atom. The number of hydrogen-bond acceptors (Lipinski definition) is 0. The zero-order valence-corrected chi connectivity index (χ0v) is 25.1. The van der Waals surface area contributed by atoms with Crippen LogP contribution in [0.3, 0.4) is 0 Å². The molecule has 1 aliphatic heterocycles. The van der Waals surface area contributed by atoms with E-state index in [4.69, 9.17) is 0 Å². The normalized spacial score (nSPS) is 19.3. The summed E-state index contributed by atoms with van der Waals surface area (Å²) in [5, 5.41) is 3.02. The van der Waals surface area contributed by atoms with Crippen LogP contribution in [-0.2, 0) is 0 Å². The summed E-state index contributed by atoms with van der Waals surface area (Å²) in [5.74, 6) is 0. The molecule has 2 atom stereocenters. The SMILES string of the molecule is Cc1cc(C)c(C2=[P+](c3ccc(C)c(C)c3)C(c3c(C)cc(C)cc3C)=P2(F)C(C)(C)C)c(C)c1. The highest BCUT2D eigenvalue weighted by molar-refractivity contribution is 8.21. The second-order valence-corrected chi connectivity index (χ2v) is 17.8. The lowest BCUT2D eigenvalue weighted by Gasteiger charge is -2.38. The summed E-state index contributed by atoms with van der Waals surface area (Å²) in [5.41, 5.74) is 12.2. The van der Waals surface area contributed by atoms with E-state index in [-0.39, 0.29) is 0 Å². The van der Waals surface area contributed by atoms with Gasteiger partial charge in [-0.1, -0.05) is 62.2 Å². The van der Waals surface area contributed by atoms with Crippen LogP contribution in [-0.4, -0.2) is 15.2 Å². The van der Waals surface area contributed by atoms with Crippen LogP contribution in [0.15, 0.2) is 42.5 Å². The van der Waals surface area contributed by atoms with Crippen molar-refractivity contribution >= 4 is 30.1 Å². The Balaban J connectivity index is 2.21. The van der Waals surface area contributed by atoms with Crippen molar-refractivity contribution in [2.75, 3.05) is 0 Å². The molecule has 0 saturated heterocycles. The van der Waals surface area contributed by atoms with Gasteiger partial charge in [-0.15, -0.1) is 0 Å². The van der Waals surface area contributed by atoms with Crippen LogP contribution in [0.1, 0.15) is 76.4 Å². The van der Waals surface area contributed by atoms with Crippen LogP contribution in [0, 0.1) is 55.4 Å². The predicted octanol–water partition coefficient (Wildman–Crippen LogP) is 9.33. The summed E-state index contributed by atoms with van der Waals surface area (Å²) in [4.78, 5) is 0. The number of aryl methyl sites for hydroxylation is 8. The van der Waals surface area contributed by atoms with Crippen LogP contribution in [0.5, 0.6) is 0 Å². The quantitative estimate of drug-likeness (QED) is 0.311. The average Bonchev–Trinajstić information content (AvgIpc) is 2.71. The standard InChI is InChI=1S/C32H40FP2/c1-19-14-23(5)28(24(6)15-19)30-34(27-13-12-21(3)22(4)18-27)31(35(30,33)32(9,10)11)29-25(7)16-20(2)17-26(29)8/h12-18H,1-11H3/q+1. The van der Waals surface area contributed by atoms with E-state index in [2.05, 4.69) is 119 Å². The fourth-order valence-electron chi connectivity index (χ4n) is 5.77. The minimum atomic E-state index is -3.12. The van der Waals surface area contributed by atoms with Crippen molar-refractivity contribution in [1.82, 2.24) is 0 Å². The fraction of sp³-hybridized carbons (Fsp3) is 0.375. The van der Waals surface area contributed by atoms with E-state index in [0.717, 1.165) is 10.1 Å². The first-order valence-corrected chi connectivity index (χ1v) is 15.6. The molecule has 0 N–H and O–H groups in total. The predicted molar refractivity (Wildman–Crippen MR) is 160 cm³/mol. The second kappa shape index (κ2) is 8.87. The van der Waals surface area contributed by atoms with Gasteiger partial charge in [-0.2, -0.15) is 0 Å². The van der Waals surface area contributed by atoms with Gasteiger partial charge in [0.15, 0.2) is 30.1 Å². The molecule has 0 aliphatic carbocycles. The fourth-order valence-corrected chi connectivity index (χ4v) is 16.2. The molecule has 0 bridgehead atoms. The number of halogens is 1. The van der Waals surface area contributed by atoms with Crippen molar-refractivity contribution in [3.05, 3.63) is 98.1 Å². The Bertz CT molecular complexity index is 1420. The first kappa shape index (κ1) is 26.1. The Labute approximate surface area is 213 Å². The molecule has 3 aromatic carbocycles. The molecule has 3 aromatic rings. The first-order chi connectivity index (χ1) is 16.2. The topological polar surface area (TPSA) is 0 Å². The zero-order chi connectivity index (χ0) is 26.0. The number of benzene rings is 3. The molecule has 0 spiro atoms. The van der Waals surface area contributed by atoms with Gasteiger partial charge in [-0.25, -0.2) is 4.20 Å². The molecule has 1 aliphatic rings. The van der Waals surface area contributed by atoms with Gasteiger partial charge in [0.05, 0.1) is 0 Å². The lowest BCUT2D eigenvalue weighted by Crippen LogP contribution is -2.33. The Morgan fingerprint density at radius 1 is 0.600 bits per heavy atom. The lowest BCUT2D eigenvalue weighted by molar-refractivity contribution is 0.727. The molecular weight excluding hydrogens is 465 g/mol. The summed E-state index contributed by atoms with van der Waals surface area (Å²) in [7, 11) is -4.04. The van der Waals surface area contributed by atoms with Crippen molar-refractivity contribution in [3.8, 4) is 0 Å². The molecule has 2 unspecified atom stereocenters. The van der Waals surface area contributed by atoms with Gasteiger partial charge in [0.2, 0.25) is 0 Å². The Hall–Kier alpha value is -1.94. The van der Waals surface area contributed by atoms with Gasteiger partial charge in [0.1, 0.15) is 0 Å². The lowest BCUT2D eigenvalue weighted by atomic mass is 10.0. The Kier molecular flexibility index (Phi) is 6.62. The summed E-state index contributed by atoms with van der Waals surface area (Å²) in [6.07, 6.45) is 0. The third kappa shape index (κ3) is 4.10.